The normalized spacial score (nSPS) is 6.50. The molecule has 0 atom stereocenters. The second-order valence-corrected chi connectivity index (χ2v) is 0.849. The van der Waals surface area contributed by atoms with Gasteiger partial charge in [0.25, 0.3) is 0 Å². The molecular weight excluding hydrogens is 193 g/mol. The standard InChI is InChI=1S/C4H3N2.O.Ru/c1-2-5-4-6-3-1;;/h1-3H;;/q-1;;+1. The van der Waals surface area contributed by atoms with Crippen LogP contribution < -0.4 is 0 Å². The van der Waals surface area contributed by atoms with Crippen LogP contribution in [0.3, 0.4) is 0 Å². The van der Waals surface area contributed by atoms with Crippen LogP contribution in [0.4, 0.5) is 0 Å². The Morgan fingerprint density at radius 3 is 1.88 bits per heavy atom. The first-order valence-electron chi connectivity index (χ1n) is 1.77. The third kappa shape index (κ3) is 3.69. The Labute approximate surface area is 57.1 Å². The van der Waals surface area contributed by atoms with Crippen molar-refractivity contribution in [2.75, 3.05) is 0 Å². The van der Waals surface area contributed by atoms with Gasteiger partial charge in [-0.3, -0.25) is 0 Å². The van der Waals surface area contributed by atoms with Crippen LogP contribution in [0.1, 0.15) is 0 Å². The average molecular weight is 196 g/mol. The van der Waals surface area contributed by atoms with Crippen molar-refractivity contribution in [3.63, 3.8) is 0 Å². The maximum Gasteiger partial charge on any atom is 0.0213 e. The molecule has 3 nitrogen and oxygen atoms in total. The molecule has 0 spiro atoms. The molecule has 0 saturated heterocycles. The van der Waals surface area contributed by atoms with Crippen LogP contribution in [-0.4, -0.2) is 9.97 Å². The molecule has 0 bridgehead atoms. The summed E-state index contributed by atoms with van der Waals surface area (Å²) in [6.45, 7) is 0. The molecule has 1 rings (SSSR count). The smallest absolute Gasteiger partial charge is 0.0213 e. The summed E-state index contributed by atoms with van der Waals surface area (Å²) in [5, 5.41) is 0. The van der Waals surface area contributed by atoms with E-state index in [1.165, 1.54) is 0 Å². The summed E-state index contributed by atoms with van der Waals surface area (Å²) in [6.07, 6.45) is 5.66. The zero-order valence-electron chi connectivity index (χ0n) is 3.89. The van der Waals surface area contributed by atoms with E-state index in [1.54, 1.807) is 18.5 Å². The first kappa shape index (κ1) is 7.50. The fourth-order valence-electron chi connectivity index (χ4n) is 0.225. The first-order valence-corrected chi connectivity index (χ1v) is 2.48. The Kier molecular flexibility index (Phi) is 6.10. The molecule has 0 aliphatic rings. The maximum atomic E-state index is 8.18. The van der Waals surface area contributed by atoms with Crippen LogP contribution in [0.15, 0.2) is 18.5 Å². The van der Waals surface area contributed by atoms with Gasteiger partial charge in [-0.05, 0) is 0 Å². The molecule has 1 heterocycles. The Balaban J connectivity index is 0.000000222. The average Bonchev–Trinajstić information content (AvgIpc) is 1.96. The van der Waals surface area contributed by atoms with Crippen molar-refractivity contribution in [2.24, 2.45) is 0 Å². The molecular formula is C4H3N2ORu. The Bertz CT molecular complexity index is 96.9. The van der Waals surface area contributed by atoms with E-state index in [2.05, 4.69) is 16.3 Å². The molecule has 4 heteroatoms. The van der Waals surface area contributed by atoms with E-state index >= 15 is 0 Å². The van der Waals surface area contributed by atoms with Crippen molar-refractivity contribution in [1.82, 2.24) is 9.97 Å². The van der Waals surface area contributed by atoms with E-state index in [0.717, 1.165) is 18.3 Å². The molecule has 0 N–H and O–H groups in total. The van der Waals surface area contributed by atoms with Crippen LogP contribution >= 0.6 is 0 Å². The van der Waals surface area contributed by atoms with E-state index in [0.29, 0.717) is 0 Å². The van der Waals surface area contributed by atoms with Gasteiger partial charge in [0.1, 0.15) is 0 Å². The Morgan fingerprint density at radius 2 is 1.75 bits per heavy atom. The quantitative estimate of drug-likeness (QED) is 0.438. The number of hydrogen-bond acceptors (Lipinski definition) is 3. The molecule has 0 radical (unpaired) electrons. The second kappa shape index (κ2) is 6.50. The number of aromatic nitrogens is 2. The van der Waals surface area contributed by atoms with Crippen LogP contribution in [0.25, 0.3) is 0 Å². The minimum atomic E-state index is 1.10. The number of rotatable bonds is 0. The molecule has 1 aromatic rings. The van der Waals surface area contributed by atoms with E-state index in [-0.39, 0.29) is 0 Å². The van der Waals surface area contributed by atoms with Crippen LogP contribution in [0.2, 0.25) is 0 Å². The van der Waals surface area contributed by atoms with Gasteiger partial charge in [0.2, 0.25) is 0 Å². The molecule has 0 saturated carbocycles. The molecule has 0 fully saturated rings. The van der Waals surface area contributed by atoms with E-state index in [1.807, 2.05) is 0 Å². The summed E-state index contributed by atoms with van der Waals surface area (Å²) < 4.78 is 8.18. The van der Waals surface area contributed by atoms with Gasteiger partial charge in [-0.1, -0.05) is 12.4 Å². The fraction of sp³-hybridized carbons (Fsp3) is 0. The third-order valence-corrected chi connectivity index (χ3v) is 0.437. The first-order chi connectivity index (χ1) is 4.00. The molecule has 0 aromatic carbocycles. The van der Waals surface area contributed by atoms with Gasteiger partial charge in [0, 0.05) is 6.33 Å². The Hall–Kier alpha value is -0.497. The van der Waals surface area contributed by atoms with Crippen LogP contribution in [0, 0.1) is 6.33 Å². The molecule has 0 aliphatic carbocycles. The van der Waals surface area contributed by atoms with Gasteiger partial charge in [-0.15, -0.1) is 6.07 Å². The second-order valence-electron chi connectivity index (χ2n) is 0.849. The summed E-state index contributed by atoms with van der Waals surface area (Å²) in [6, 6.07) is 1.75. The van der Waals surface area contributed by atoms with Crippen LogP contribution in [-0.2, 0) is 21.8 Å². The van der Waals surface area contributed by atoms with Gasteiger partial charge < -0.3 is 9.97 Å². The van der Waals surface area contributed by atoms with E-state index in [4.69, 9.17) is 3.57 Å². The predicted octanol–water partition coefficient (Wildman–Crippen LogP) is 0.155. The fourth-order valence-corrected chi connectivity index (χ4v) is 0.225. The van der Waals surface area contributed by atoms with Crippen molar-refractivity contribution < 1.29 is 21.8 Å². The van der Waals surface area contributed by atoms with Crippen molar-refractivity contribution in [3.05, 3.63) is 24.8 Å². The topological polar surface area (TPSA) is 42.9 Å². The number of hydrogen-bond donors (Lipinski definition) is 0. The summed E-state index contributed by atoms with van der Waals surface area (Å²) in [4.78, 5) is 7.10. The SMILES string of the molecule is [O]=[Ru+].[c-]1ncccn1. The Morgan fingerprint density at radius 1 is 1.25 bits per heavy atom. The van der Waals surface area contributed by atoms with Crippen molar-refractivity contribution in [3.8, 4) is 0 Å². The zero-order chi connectivity index (χ0) is 6.24. The molecule has 1 aromatic heterocycles. The monoisotopic (exact) mass is 197 g/mol. The minimum absolute atomic E-state index is 1.10. The van der Waals surface area contributed by atoms with Crippen molar-refractivity contribution in [2.45, 2.75) is 0 Å². The molecule has 0 unspecified atom stereocenters. The van der Waals surface area contributed by atoms with Gasteiger partial charge in [0.05, 0.1) is 0 Å². The van der Waals surface area contributed by atoms with Crippen LogP contribution in [0.5, 0.6) is 0 Å². The van der Waals surface area contributed by atoms with Gasteiger partial charge in [-0.2, -0.15) is 0 Å². The summed E-state index contributed by atoms with van der Waals surface area (Å²) in [7, 11) is 0. The molecule has 0 amide bonds. The maximum absolute atomic E-state index is 8.18. The summed E-state index contributed by atoms with van der Waals surface area (Å²) >= 11 is 1.10. The van der Waals surface area contributed by atoms with E-state index < -0.39 is 0 Å². The van der Waals surface area contributed by atoms with Crippen molar-refractivity contribution in [1.29, 1.82) is 0 Å². The van der Waals surface area contributed by atoms with Gasteiger partial charge >= 0.3 is 21.8 Å². The van der Waals surface area contributed by atoms with Gasteiger partial charge in [-0.25, -0.2) is 0 Å². The largest absolute Gasteiger partial charge is 0.374 e. The minimum Gasteiger partial charge on any atom is -0.374 e. The summed E-state index contributed by atoms with van der Waals surface area (Å²) in [5.74, 6) is 0. The van der Waals surface area contributed by atoms with Crippen molar-refractivity contribution >= 4 is 0 Å². The van der Waals surface area contributed by atoms with Gasteiger partial charge in [0.15, 0.2) is 0 Å². The molecule has 8 heavy (non-hydrogen) atoms. The zero-order valence-corrected chi connectivity index (χ0v) is 5.63. The predicted molar refractivity (Wildman–Crippen MR) is 21.6 cm³/mol. The summed E-state index contributed by atoms with van der Waals surface area (Å²) in [5.41, 5.74) is 0. The third-order valence-electron chi connectivity index (χ3n) is 0.437. The number of nitrogens with zero attached hydrogens (tertiary/aromatic N) is 2. The molecule has 0 aliphatic heterocycles. The molecule has 43 valence electrons. The van der Waals surface area contributed by atoms with E-state index in [9.17, 15) is 0 Å².